The topological polar surface area (TPSA) is 24.9 Å². The van der Waals surface area contributed by atoms with Crippen LogP contribution in [0.15, 0.2) is 29.6 Å². The zero-order valence-electron chi connectivity index (χ0n) is 12.1. The summed E-state index contributed by atoms with van der Waals surface area (Å²) in [4.78, 5) is 4.68. The lowest BCUT2D eigenvalue weighted by molar-refractivity contribution is 0.583. The van der Waals surface area contributed by atoms with Crippen molar-refractivity contribution in [3.8, 4) is 10.6 Å². The Balaban J connectivity index is 2.09. The molecule has 0 saturated heterocycles. The van der Waals surface area contributed by atoms with Gasteiger partial charge in [-0.3, -0.25) is 0 Å². The molecular weight excluding hydrogens is 252 g/mol. The minimum Gasteiger partial charge on any atom is -0.309 e. The third-order valence-electron chi connectivity index (χ3n) is 3.07. The van der Waals surface area contributed by atoms with E-state index in [1.54, 1.807) is 11.3 Å². The van der Waals surface area contributed by atoms with Crippen molar-refractivity contribution in [1.29, 1.82) is 0 Å². The quantitative estimate of drug-likeness (QED) is 0.872. The third-order valence-corrected chi connectivity index (χ3v) is 4.01. The molecule has 0 aliphatic rings. The first-order chi connectivity index (χ1) is 9.06. The predicted octanol–water partition coefficient (Wildman–Crippen LogP) is 4.43. The molecule has 2 nitrogen and oxygen atoms in total. The second-order valence-corrected chi connectivity index (χ2v) is 6.31. The number of rotatable bonds is 5. The van der Waals surface area contributed by atoms with Gasteiger partial charge in [-0.15, -0.1) is 11.3 Å². The van der Waals surface area contributed by atoms with Crippen molar-refractivity contribution in [2.45, 2.75) is 46.2 Å². The number of nitrogens with one attached hydrogen (secondary N) is 1. The number of benzene rings is 1. The van der Waals surface area contributed by atoms with E-state index in [4.69, 9.17) is 0 Å². The Kier molecular flexibility index (Phi) is 4.72. The van der Waals surface area contributed by atoms with Crippen molar-refractivity contribution in [2.75, 3.05) is 0 Å². The molecule has 2 rings (SSSR count). The number of hydrogen-bond donors (Lipinski definition) is 1. The molecule has 0 saturated carbocycles. The molecule has 0 spiro atoms. The second-order valence-electron chi connectivity index (χ2n) is 5.46. The highest BCUT2D eigenvalue weighted by molar-refractivity contribution is 7.13. The molecule has 102 valence electrons. The summed E-state index contributed by atoms with van der Waals surface area (Å²) >= 11 is 1.72. The van der Waals surface area contributed by atoms with Crippen molar-refractivity contribution < 1.29 is 0 Å². The van der Waals surface area contributed by atoms with Gasteiger partial charge in [0.05, 0.1) is 5.69 Å². The van der Waals surface area contributed by atoms with Crippen LogP contribution in [0.25, 0.3) is 10.6 Å². The number of aromatic nitrogens is 1. The smallest absolute Gasteiger partial charge is 0.123 e. The maximum Gasteiger partial charge on any atom is 0.123 e. The molecule has 1 N–H and O–H groups in total. The van der Waals surface area contributed by atoms with E-state index in [-0.39, 0.29) is 0 Å². The molecule has 0 unspecified atom stereocenters. The molecular formula is C16H22N2S. The van der Waals surface area contributed by atoms with Crippen molar-refractivity contribution >= 4 is 11.3 Å². The summed E-state index contributed by atoms with van der Waals surface area (Å²) < 4.78 is 0. The van der Waals surface area contributed by atoms with E-state index in [9.17, 15) is 0 Å². The molecule has 1 heterocycles. The minimum absolute atomic E-state index is 0.496. The SMILES string of the molecule is CC(C)NCc1csc(-c2ccc(C(C)C)cc2)n1. The van der Waals surface area contributed by atoms with Crippen LogP contribution in [0.4, 0.5) is 0 Å². The van der Waals surface area contributed by atoms with Gasteiger partial charge in [0, 0.05) is 23.5 Å². The molecule has 0 aliphatic heterocycles. The van der Waals surface area contributed by atoms with Crippen LogP contribution in [-0.2, 0) is 6.54 Å². The highest BCUT2D eigenvalue weighted by Gasteiger charge is 2.06. The van der Waals surface area contributed by atoms with Crippen LogP contribution in [-0.4, -0.2) is 11.0 Å². The first-order valence-corrected chi connectivity index (χ1v) is 7.72. The predicted molar refractivity (Wildman–Crippen MR) is 83.6 cm³/mol. The molecule has 3 heteroatoms. The summed E-state index contributed by atoms with van der Waals surface area (Å²) in [7, 11) is 0. The third kappa shape index (κ3) is 3.88. The average Bonchev–Trinajstić information content (AvgIpc) is 2.85. The molecule has 0 bridgehead atoms. The van der Waals surface area contributed by atoms with E-state index in [2.05, 4.69) is 67.6 Å². The Morgan fingerprint density at radius 3 is 2.37 bits per heavy atom. The Bertz CT molecular complexity index is 512. The Morgan fingerprint density at radius 1 is 1.11 bits per heavy atom. The molecule has 0 fully saturated rings. The van der Waals surface area contributed by atoms with Crippen molar-refractivity contribution in [2.24, 2.45) is 0 Å². The van der Waals surface area contributed by atoms with Gasteiger partial charge in [-0.05, 0) is 11.5 Å². The normalized spacial score (nSPS) is 11.5. The molecule has 2 aromatic rings. The van der Waals surface area contributed by atoms with Gasteiger partial charge < -0.3 is 5.32 Å². The zero-order chi connectivity index (χ0) is 13.8. The fourth-order valence-corrected chi connectivity index (χ4v) is 2.67. The number of thiazole rings is 1. The van der Waals surface area contributed by atoms with Gasteiger partial charge in [-0.2, -0.15) is 0 Å². The largest absolute Gasteiger partial charge is 0.309 e. The lowest BCUT2D eigenvalue weighted by atomic mass is 10.0. The summed E-state index contributed by atoms with van der Waals surface area (Å²) in [6, 6.07) is 9.25. The van der Waals surface area contributed by atoms with Crippen molar-refractivity contribution in [1.82, 2.24) is 10.3 Å². The molecule has 1 aromatic carbocycles. The summed E-state index contributed by atoms with van der Waals surface area (Å²) in [6.45, 7) is 9.58. The van der Waals surface area contributed by atoms with Crippen LogP contribution >= 0.6 is 11.3 Å². The van der Waals surface area contributed by atoms with E-state index in [1.165, 1.54) is 11.1 Å². The summed E-state index contributed by atoms with van der Waals surface area (Å²) in [6.07, 6.45) is 0. The summed E-state index contributed by atoms with van der Waals surface area (Å²) in [5.41, 5.74) is 3.72. The van der Waals surface area contributed by atoms with E-state index >= 15 is 0 Å². The molecule has 1 aromatic heterocycles. The van der Waals surface area contributed by atoms with Crippen LogP contribution in [0.5, 0.6) is 0 Å². The van der Waals surface area contributed by atoms with Crippen LogP contribution in [0, 0.1) is 0 Å². The maximum absolute atomic E-state index is 4.68. The molecule has 19 heavy (non-hydrogen) atoms. The standard InChI is InChI=1S/C16H22N2S/c1-11(2)13-5-7-14(8-6-13)16-18-15(10-19-16)9-17-12(3)4/h5-8,10-12,17H,9H2,1-4H3. The fourth-order valence-electron chi connectivity index (χ4n) is 1.84. The minimum atomic E-state index is 0.496. The van der Waals surface area contributed by atoms with Gasteiger partial charge in [0.25, 0.3) is 0 Å². The van der Waals surface area contributed by atoms with E-state index in [1.807, 2.05) is 0 Å². The fraction of sp³-hybridized carbons (Fsp3) is 0.438. The maximum atomic E-state index is 4.68. The molecule has 0 radical (unpaired) electrons. The van der Waals surface area contributed by atoms with E-state index in [0.29, 0.717) is 12.0 Å². The first kappa shape index (κ1) is 14.2. The van der Waals surface area contributed by atoms with Crippen LogP contribution in [0.1, 0.15) is 44.9 Å². The Hall–Kier alpha value is -1.19. The lowest BCUT2D eigenvalue weighted by Gasteiger charge is -2.06. The highest BCUT2D eigenvalue weighted by Crippen LogP contribution is 2.25. The summed E-state index contributed by atoms with van der Waals surface area (Å²) in [5, 5.41) is 6.64. The van der Waals surface area contributed by atoms with E-state index < -0.39 is 0 Å². The Labute approximate surface area is 119 Å². The highest BCUT2D eigenvalue weighted by atomic mass is 32.1. The first-order valence-electron chi connectivity index (χ1n) is 6.84. The van der Waals surface area contributed by atoms with Gasteiger partial charge in [-0.1, -0.05) is 52.0 Å². The van der Waals surface area contributed by atoms with Gasteiger partial charge in [-0.25, -0.2) is 4.98 Å². The van der Waals surface area contributed by atoms with Gasteiger partial charge >= 0.3 is 0 Å². The lowest BCUT2D eigenvalue weighted by Crippen LogP contribution is -2.21. The molecule has 0 atom stereocenters. The molecule has 0 aliphatic carbocycles. The van der Waals surface area contributed by atoms with Crippen LogP contribution < -0.4 is 5.32 Å². The number of hydrogen-bond acceptors (Lipinski definition) is 3. The van der Waals surface area contributed by atoms with Crippen LogP contribution in [0.3, 0.4) is 0 Å². The second kappa shape index (κ2) is 6.31. The summed E-state index contributed by atoms with van der Waals surface area (Å²) in [5.74, 6) is 0.580. The Morgan fingerprint density at radius 2 is 1.79 bits per heavy atom. The van der Waals surface area contributed by atoms with Crippen LogP contribution in [0.2, 0.25) is 0 Å². The van der Waals surface area contributed by atoms with Gasteiger partial charge in [0.2, 0.25) is 0 Å². The number of nitrogens with zero attached hydrogens (tertiary/aromatic N) is 1. The van der Waals surface area contributed by atoms with Crippen molar-refractivity contribution in [3.05, 3.63) is 40.9 Å². The molecule has 0 amide bonds. The van der Waals surface area contributed by atoms with E-state index in [0.717, 1.165) is 17.2 Å². The van der Waals surface area contributed by atoms with Gasteiger partial charge in [0.15, 0.2) is 0 Å². The van der Waals surface area contributed by atoms with Gasteiger partial charge in [0.1, 0.15) is 5.01 Å². The monoisotopic (exact) mass is 274 g/mol. The average molecular weight is 274 g/mol. The zero-order valence-corrected chi connectivity index (χ0v) is 12.9. The van der Waals surface area contributed by atoms with Crippen molar-refractivity contribution in [3.63, 3.8) is 0 Å².